The summed E-state index contributed by atoms with van der Waals surface area (Å²) < 4.78 is 11.0. The number of nitriles is 1. The Morgan fingerprint density at radius 3 is 2.83 bits per heavy atom. The van der Waals surface area contributed by atoms with E-state index in [1.165, 1.54) is 30.3 Å². The van der Waals surface area contributed by atoms with Crippen LogP contribution in [0.3, 0.4) is 0 Å². The van der Waals surface area contributed by atoms with Crippen LogP contribution in [0, 0.1) is 21.4 Å². The lowest BCUT2D eigenvalue weighted by molar-refractivity contribution is -0.384. The van der Waals surface area contributed by atoms with E-state index in [-0.39, 0.29) is 44.5 Å². The number of nitrogens with one attached hydrogen (secondary N) is 1. The van der Waals surface area contributed by atoms with Gasteiger partial charge in [0, 0.05) is 30.9 Å². The molecule has 1 aliphatic heterocycles. The van der Waals surface area contributed by atoms with E-state index in [4.69, 9.17) is 32.4 Å². The SMILES string of the molecule is N#C/C(=C\c1ccc(-c2cc([N+](=O)[O-])c(Cl)cc2Cl)o1)C(=O)NC[C@@H]1CCCO1. The molecule has 1 N–H and O–H groups in total. The number of furan rings is 1. The minimum atomic E-state index is -0.627. The number of hydrogen-bond donors (Lipinski definition) is 1. The van der Waals surface area contributed by atoms with Crippen molar-refractivity contribution in [3.8, 4) is 17.4 Å². The number of nitrogens with zero attached hydrogens (tertiary/aromatic N) is 2. The van der Waals surface area contributed by atoms with E-state index in [2.05, 4.69) is 5.32 Å². The highest BCUT2D eigenvalue weighted by molar-refractivity contribution is 6.37. The molecule has 1 aliphatic rings. The van der Waals surface area contributed by atoms with Crippen molar-refractivity contribution in [1.82, 2.24) is 5.32 Å². The molecule has 0 saturated carbocycles. The normalized spacial score (nSPS) is 16.4. The largest absolute Gasteiger partial charge is 0.457 e. The second-order valence-electron chi connectivity index (χ2n) is 6.26. The van der Waals surface area contributed by atoms with Crippen LogP contribution in [0.2, 0.25) is 10.0 Å². The molecule has 1 aromatic carbocycles. The Morgan fingerprint density at radius 1 is 1.38 bits per heavy atom. The summed E-state index contributed by atoms with van der Waals surface area (Å²) in [5.74, 6) is -0.0864. The fourth-order valence-electron chi connectivity index (χ4n) is 2.84. The number of halogens is 2. The van der Waals surface area contributed by atoms with E-state index in [0.29, 0.717) is 13.2 Å². The number of ether oxygens (including phenoxy) is 1. The van der Waals surface area contributed by atoms with Crippen molar-refractivity contribution < 1.29 is 18.9 Å². The van der Waals surface area contributed by atoms with Gasteiger partial charge in [0.25, 0.3) is 11.6 Å². The molecule has 3 rings (SSSR count). The summed E-state index contributed by atoms with van der Waals surface area (Å²) in [5, 5.41) is 23.1. The standard InChI is InChI=1S/C19H15Cl2N3O5/c20-15-8-16(21)17(24(26)27)7-14(15)18-4-3-12(29-18)6-11(9-22)19(25)23-10-13-2-1-5-28-13/h3-4,6-8,13H,1-2,5,10H2,(H,23,25)/b11-6+/t13-/m0/s1. The summed E-state index contributed by atoms with van der Waals surface area (Å²) >= 11 is 12.0. The lowest BCUT2D eigenvalue weighted by Crippen LogP contribution is -2.32. The van der Waals surface area contributed by atoms with E-state index in [1.807, 2.05) is 6.07 Å². The third kappa shape index (κ3) is 4.95. The summed E-state index contributed by atoms with van der Waals surface area (Å²) in [4.78, 5) is 22.7. The Hall–Kier alpha value is -2.86. The predicted octanol–water partition coefficient (Wildman–Crippen LogP) is 4.36. The average molecular weight is 436 g/mol. The van der Waals surface area contributed by atoms with Crippen LogP contribution >= 0.6 is 23.2 Å². The first-order chi connectivity index (χ1) is 13.9. The Balaban J connectivity index is 1.79. The highest BCUT2D eigenvalue weighted by Gasteiger charge is 2.20. The summed E-state index contributed by atoms with van der Waals surface area (Å²) in [6, 6.07) is 7.35. The van der Waals surface area contributed by atoms with E-state index in [9.17, 15) is 20.2 Å². The molecule has 10 heteroatoms. The van der Waals surface area contributed by atoms with Gasteiger partial charge in [0.1, 0.15) is 28.2 Å². The topological polar surface area (TPSA) is 118 Å². The van der Waals surface area contributed by atoms with Gasteiger partial charge in [-0.05, 0) is 31.0 Å². The number of benzene rings is 1. The molecule has 8 nitrogen and oxygen atoms in total. The smallest absolute Gasteiger partial charge is 0.288 e. The van der Waals surface area contributed by atoms with Gasteiger partial charge in [-0.1, -0.05) is 23.2 Å². The van der Waals surface area contributed by atoms with Crippen molar-refractivity contribution in [2.24, 2.45) is 0 Å². The van der Waals surface area contributed by atoms with Crippen molar-refractivity contribution in [3.63, 3.8) is 0 Å². The summed E-state index contributed by atoms with van der Waals surface area (Å²) in [5.41, 5.74) is -0.188. The van der Waals surface area contributed by atoms with E-state index in [0.717, 1.165) is 12.8 Å². The average Bonchev–Trinajstić information content (AvgIpc) is 3.36. The quantitative estimate of drug-likeness (QED) is 0.311. The molecule has 2 aromatic rings. The van der Waals surface area contributed by atoms with Gasteiger partial charge in [-0.2, -0.15) is 5.26 Å². The molecule has 29 heavy (non-hydrogen) atoms. The number of carbonyl (C=O) groups excluding carboxylic acids is 1. The van der Waals surface area contributed by atoms with E-state index in [1.54, 1.807) is 0 Å². The third-order valence-electron chi connectivity index (χ3n) is 4.29. The second kappa shape index (κ2) is 9.09. The zero-order chi connectivity index (χ0) is 21.0. The second-order valence-corrected chi connectivity index (χ2v) is 7.07. The van der Waals surface area contributed by atoms with Gasteiger partial charge >= 0.3 is 0 Å². The summed E-state index contributed by atoms with van der Waals surface area (Å²) in [7, 11) is 0. The maximum atomic E-state index is 12.2. The Kier molecular flexibility index (Phi) is 6.54. The summed E-state index contributed by atoms with van der Waals surface area (Å²) in [6.07, 6.45) is 3.05. The van der Waals surface area contributed by atoms with Gasteiger partial charge in [-0.3, -0.25) is 14.9 Å². The zero-order valence-corrected chi connectivity index (χ0v) is 16.5. The van der Waals surface area contributed by atoms with E-state index < -0.39 is 10.8 Å². The minimum absolute atomic E-state index is 0.0445. The van der Waals surface area contributed by atoms with Crippen LogP contribution in [-0.4, -0.2) is 30.1 Å². The first kappa shape index (κ1) is 20.9. The number of nitro benzene ring substituents is 1. The zero-order valence-electron chi connectivity index (χ0n) is 15.0. The number of carbonyl (C=O) groups is 1. The van der Waals surface area contributed by atoms with E-state index >= 15 is 0 Å². The van der Waals surface area contributed by atoms with Crippen LogP contribution in [0.25, 0.3) is 17.4 Å². The molecule has 0 unspecified atom stereocenters. The van der Waals surface area contributed by atoms with Crippen LogP contribution in [0.4, 0.5) is 5.69 Å². The first-order valence-corrected chi connectivity index (χ1v) is 9.40. The Labute approximate surface area is 175 Å². The molecule has 0 radical (unpaired) electrons. The molecular formula is C19H15Cl2N3O5. The van der Waals surface area contributed by atoms with Crippen LogP contribution in [0.15, 0.2) is 34.3 Å². The maximum absolute atomic E-state index is 12.2. The molecule has 1 fully saturated rings. The van der Waals surface area contributed by atoms with Crippen molar-refractivity contribution in [2.75, 3.05) is 13.2 Å². The van der Waals surface area contributed by atoms with Crippen LogP contribution < -0.4 is 5.32 Å². The molecule has 2 heterocycles. The monoisotopic (exact) mass is 435 g/mol. The highest BCUT2D eigenvalue weighted by atomic mass is 35.5. The molecule has 0 aliphatic carbocycles. The van der Waals surface area contributed by atoms with Gasteiger partial charge in [-0.25, -0.2) is 0 Å². The molecular weight excluding hydrogens is 421 g/mol. The predicted molar refractivity (Wildman–Crippen MR) is 106 cm³/mol. The number of amides is 1. The van der Waals surface area contributed by atoms with Crippen LogP contribution in [-0.2, 0) is 9.53 Å². The Bertz CT molecular complexity index is 1020. The molecule has 0 spiro atoms. The van der Waals surface area contributed by atoms with Gasteiger partial charge in [0.2, 0.25) is 0 Å². The number of hydrogen-bond acceptors (Lipinski definition) is 6. The lowest BCUT2D eigenvalue weighted by Gasteiger charge is -2.09. The van der Waals surface area contributed by atoms with Crippen LogP contribution in [0.5, 0.6) is 0 Å². The molecule has 1 aromatic heterocycles. The van der Waals surface area contributed by atoms with Gasteiger partial charge in [0.15, 0.2) is 0 Å². The highest BCUT2D eigenvalue weighted by Crippen LogP contribution is 2.37. The fraction of sp³-hybridized carbons (Fsp3) is 0.263. The van der Waals surface area contributed by atoms with Crippen molar-refractivity contribution in [3.05, 3.63) is 55.8 Å². The lowest BCUT2D eigenvalue weighted by atomic mass is 10.1. The third-order valence-corrected chi connectivity index (χ3v) is 4.91. The summed E-state index contributed by atoms with van der Waals surface area (Å²) in [6.45, 7) is 0.993. The van der Waals surface area contributed by atoms with Crippen molar-refractivity contribution >= 4 is 40.9 Å². The van der Waals surface area contributed by atoms with Crippen molar-refractivity contribution in [1.29, 1.82) is 5.26 Å². The molecule has 1 atom stereocenters. The number of nitro groups is 1. The van der Waals surface area contributed by atoms with Gasteiger partial charge in [0.05, 0.1) is 16.0 Å². The van der Waals surface area contributed by atoms with Gasteiger partial charge < -0.3 is 14.5 Å². The minimum Gasteiger partial charge on any atom is -0.457 e. The van der Waals surface area contributed by atoms with Crippen molar-refractivity contribution in [2.45, 2.75) is 18.9 Å². The molecule has 1 amide bonds. The fourth-order valence-corrected chi connectivity index (χ4v) is 3.38. The first-order valence-electron chi connectivity index (χ1n) is 8.64. The van der Waals surface area contributed by atoms with Crippen LogP contribution in [0.1, 0.15) is 18.6 Å². The van der Waals surface area contributed by atoms with Gasteiger partial charge in [-0.15, -0.1) is 0 Å². The molecule has 0 bridgehead atoms. The Morgan fingerprint density at radius 2 is 2.17 bits per heavy atom. The molecule has 150 valence electrons. The number of rotatable bonds is 6. The molecule has 1 saturated heterocycles. The maximum Gasteiger partial charge on any atom is 0.288 e.